The first kappa shape index (κ1) is 7.49. The first-order chi connectivity index (χ1) is 5.33. The first-order valence-electron chi connectivity index (χ1n) is 3.77. The number of aliphatic hydroxyl groups excluding tert-OH is 1. The van der Waals surface area contributed by atoms with Crippen LogP contribution in [0, 0.1) is 0 Å². The molecule has 0 unspecified atom stereocenters. The lowest BCUT2D eigenvalue weighted by atomic mass is 10.1. The van der Waals surface area contributed by atoms with Crippen molar-refractivity contribution in [2.75, 3.05) is 20.3 Å². The molecule has 2 aliphatic heterocycles. The van der Waals surface area contributed by atoms with Crippen LogP contribution in [-0.4, -0.2) is 49.8 Å². The van der Waals surface area contributed by atoms with E-state index in [0.717, 1.165) is 0 Å². The van der Waals surface area contributed by atoms with Crippen molar-refractivity contribution in [1.82, 2.24) is 0 Å². The van der Waals surface area contributed by atoms with Crippen molar-refractivity contribution in [3.63, 3.8) is 0 Å². The number of fused-ring (bicyclic) bond motifs is 1. The molecule has 0 aliphatic carbocycles. The van der Waals surface area contributed by atoms with Gasteiger partial charge in [0.2, 0.25) is 0 Å². The Labute approximate surface area is 65.1 Å². The van der Waals surface area contributed by atoms with Gasteiger partial charge in [-0.05, 0) is 0 Å². The Morgan fingerprint density at radius 2 is 2.00 bits per heavy atom. The zero-order valence-corrected chi connectivity index (χ0v) is 6.40. The van der Waals surface area contributed by atoms with Gasteiger partial charge in [0, 0.05) is 7.11 Å². The number of hydrogen-bond acceptors (Lipinski definition) is 4. The van der Waals surface area contributed by atoms with Gasteiger partial charge in [-0.1, -0.05) is 0 Å². The number of hydrogen-bond donors (Lipinski definition) is 1. The molecule has 0 aromatic heterocycles. The molecule has 0 amide bonds. The van der Waals surface area contributed by atoms with Gasteiger partial charge in [-0.25, -0.2) is 0 Å². The van der Waals surface area contributed by atoms with Gasteiger partial charge in [-0.3, -0.25) is 0 Å². The molecule has 0 aromatic carbocycles. The van der Waals surface area contributed by atoms with Gasteiger partial charge in [-0.15, -0.1) is 0 Å². The van der Waals surface area contributed by atoms with E-state index in [1.165, 1.54) is 0 Å². The highest BCUT2D eigenvalue weighted by Gasteiger charge is 2.47. The molecule has 2 aliphatic rings. The van der Waals surface area contributed by atoms with Crippen molar-refractivity contribution in [2.45, 2.75) is 24.4 Å². The fourth-order valence-corrected chi connectivity index (χ4v) is 1.65. The molecule has 4 nitrogen and oxygen atoms in total. The monoisotopic (exact) mass is 160 g/mol. The second kappa shape index (κ2) is 2.71. The van der Waals surface area contributed by atoms with Gasteiger partial charge >= 0.3 is 0 Å². The summed E-state index contributed by atoms with van der Waals surface area (Å²) in [7, 11) is 1.63. The lowest BCUT2D eigenvalue weighted by Gasteiger charge is -2.12. The fraction of sp³-hybridized carbons (Fsp3) is 1.00. The quantitative estimate of drug-likeness (QED) is 0.543. The Balaban J connectivity index is 2.04. The van der Waals surface area contributed by atoms with Crippen molar-refractivity contribution in [3.8, 4) is 0 Å². The molecule has 0 bridgehead atoms. The average molecular weight is 160 g/mol. The molecular weight excluding hydrogens is 148 g/mol. The van der Waals surface area contributed by atoms with Crippen LogP contribution in [0.15, 0.2) is 0 Å². The molecule has 2 heterocycles. The predicted molar refractivity (Wildman–Crippen MR) is 36.3 cm³/mol. The average Bonchev–Trinajstić information content (AvgIpc) is 2.53. The molecule has 11 heavy (non-hydrogen) atoms. The molecule has 1 N–H and O–H groups in total. The minimum absolute atomic E-state index is 0.00264. The lowest BCUT2D eigenvalue weighted by molar-refractivity contribution is -0.0168. The summed E-state index contributed by atoms with van der Waals surface area (Å²) in [6.07, 6.45) is -0.702. The highest BCUT2D eigenvalue weighted by Crippen LogP contribution is 2.28. The summed E-state index contributed by atoms with van der Waals surface area (Å²) in [5, 5.41) is 9.31. The predicted octanol–water partition coefficient (Wildman–Crippen LogP) is -0.840. The van der Waals surface area contributed by atoms with E-state index < -0.39 is 6.10 Å². The van der Waals surface area contributed by atoms with E-state index in [1.807, 2.05) is 0 Å². The number of methoxy groups -OCH3 is 1. The van der Waals surface area contributed by atoms with Crippen LogP contribution in [0.4, 0.5) is 0 Å². The van der Waals surface area contributed by atoms with Crippen molar-refractivity contribution in [3.05, 3.63) is 0 Å². The molecule has 2 rings (SSSR count). The van der Waals surface area contributed by atoms with Gasteiger partial charge in [0.1, 0.15) is 24.4 Å². The van der Waals surface area contributed by atoms with Gasteiger partial charge in [-0.2, -0.15) is 0 Å². The van der Waals surface area contributed by atoms with E-state index in [0.29, 0.717) is 13.2 Å². The first-order valence-corrected chi connectivity index (χ1v) is 3.77. The Morgan fingerprint density at radius 3 is 2.73 bits per heavy atom. The summed E-state index contributed by atoms with van der Waals surface area (Å²) in [6, 6.07) is 0. The molecule has 0 radical (unpaired) electrons. The maximum atomic E-state index is 9.31. The fourth-order valence-electron chi connectivity index (χ4n) is 1.65. The van der Waals surface area contributed by atoms with Crippen molar-refractivity contribution >= 4 is 0 Å². The second-order valence-corrected chi connectivity index (χ2v) is 2.94. The van der Waals surface area contributed by atoms with Gasteiger partial charge in [0.15, 0.2) is 0 Å². The summed E-state index contributed by atoms with van der Waals surface area (Å²) in [4.78, 5) is 0. The molecule has 4 atom stereocenters. The third-order valence-electron chi connectivity index (χ3n) is 2.28. The zero-order valence-electron chi connectivity index (χ0n) is 6.40. The molecule has 0 aromatic rings. The van der Waals surface area contributed by atoms with E-state index in [9.17, 15) is 5.11 Å². The maximum Gasteiger partial charge on any atom is 0.115 e. The molecule has 2 fully saturated rings. The summed E-state index contributed by atoms with van der Waals surface area (Å²) in [5.41, 5.74) is 0. The smallest absolute Gasteiger partial charge is 0.115 e. The minimum atomic E-state index is -0.472. The topological polar surface area (TPSA) is 47.9 Å². The largest absolute Gasteiger partial charge is 0.388 e. The third kappa shape index (κ3) is 1.06. The Kier molecular flexibility index (Phi) is 1.85. The molecule has 2 saturated heterocycles. The number of aliphatic hydroxyl groups is 1. The van der Waals surface area contributed by atoms with Gasteiger partial charge in [0.25, 0.3) is 0 Å². The lowest BCUT2D eigenvalue weighted by Crippen LogP contribution is -2.32. The summed E-state index contributed by atoms with van der Waals surface area (Å²) >= 11 is 0. The van der Waals surface area contributed by atoms with Crippen LogP contribution < -0.4 is 0 Å². The van der Waals surface area contributed by atoms with Crippen LogP contribution in [0.2, 0.25) is 0 Å². The van der Waals surface area contributed by atoms with Gasteiger partial charge in [0.05, 0.1) is 13.2 Å². The molecule has 4 heteroatoms. The van der Waals surface area contributed by atoms with Crippen LogP contribution in [0.5, 0.6) is 0 Å². The van der Waals surface area contributed by atoms with E-state index in [2.05, 4.69) is 0 Å². The number of ether oxygens (including phenoxy) is 3. The molecule has 0 saturated carbocycles. The van der Waals surface area contributed by atoms with E-state index >= 15 is 0 Å². The highest BCUT2D eigenvalue weighted by molar-refractivity contribution is 4.94. The van der Waals surface area contributed by atoms with Crippen LogP contribution in [0.3, 0.4) is 0 Å². The van der Waals surface area contributed by atoms with Crippen molar-refractivity contribution < 1.29 is 19.3 Å². The Hall–Kier alpha value is -0.160. The third-order valence-corrected chi connectivity index (χ3v) is 2.28. The van der Waals surface area contributed by atoms with E-state index in [-0.39, 0.29) is 18.3 Å². The normalized spacial score (nSPS) is 49.6. The molecule has 0 spiro atoms. The minimum Gasteiger partial charge on any atom is -0.388 e. The van der Waals surface area contributed by atoms with Crippen molar-refractivity contribution in [1.29, 1.82) is 0 Å². The van der Waals surface area contributed by atoms with E-state index in [4.69, 9.17) is 14.2 Å². The van der Waals surface area contributed by atoms with Crippen LogP contribution >= 0.6 is 0 Å². The number of rotatable bonds is 1. The van der Waals surface area contributed by atoms with Gasteiger partial charge < -0.3 is 19.3 Å². The van der Waals surface area contributed by atoms with E-state index in [1.54, 1.807) is 7.11 Å². The van der Waals surface area contributed by atoms with Crippen LogP contribution in [0.1, 0.15) is 0 Å². The van der Waals surface area contributed by atoms with Crippen LogP contribution in [0.25, 0.3) is 0 Å². The molecular formula is C7H12O4. The summed E-state index contributed by atoms with van der Waals surface area (Å²) in [6.45, 7) is 0.901. The van der Waals surface area contributed by atoms with Crippen LogP contribution in [-0.2, 0) is 14.2 Å². The second-order valence-electron chi connectivity index (χ2n) is 2.94. The van der Waals surface area contributed by atoms with Crippen molar-refractivity contribution in [2.24, 2.45) is 0 Å². The Morgan fingerprint density at radius 1 is 1.27 bits per heavy atom. The maximum absolute atomic E-state index is 9.31. The standard InChI is InChI=1S/C7H12O4/c1-9-5-3-11-6-4(8)2-10-7(5)6/h4-8H,2-3H2,1H3/t4-,5+,6-,7-/m1/s1. The SMILES string of the molecule is CO[C@H]1CO[C@H]2[C@@H]1OC[C@H]2O. The summed E-state index contributed by atoms with van der Waals surface area (Å²) in [5.74, 6) is 0. The highest BCUT2D eigenvalue weighted by atomic mass is 16.6. The Bertz CT molecular complexity index is 149. The molecule has 64 valence electrons. The zero-order chi connectivity index (χ0) is 7.84. The summed E-state index contributed by atoms with van der Waals surface area (Å²) < 4.78 is 15.7.